The molecule has 2 rings (SSSR count). The van der Waals surface area contributed by atoms with Crippen LogP contribution in [0.5, 0.6) is 0 Å². The normalized spacial score (nSPS) is 11.2. The SMILES string of the molecule is O=C(Cc1ccccc1)NCCNS(=O)(=O)c1ccc(Br)cc1Br. The van der Waals surface area contributed by atoms with Gasteiger partial charge in [-0.3, -0.25) is 4.79 Å². The first kappa shape index (κ1) is 19.1. The molecule has 0 aliphatic carbocycles. The van der Waals surface area contributed by atoms with E-state index in [1.807, 2.05) is 30.3 Å². The van der Waals surface area contributed by atoms with Crippen LogP contribution in [0, 0.1) is 0 Å². The van der Waals surface area contributed by atoms with Gasteiger partial charge >= 0.3 is 0 Å². The number of hydrogen-bond acceptors (Lipinski definition) is 3. The summed E-state index contributed by atoms with van der Waals surface area (Å²) in [5, 5.41) is 2.69. The maximum atomic E-state index is 12.2. The molecule has 0 saturated carbocycles. The minimum atomic E-state index is -3.63. The number of carbonyl (C=O) groups excluding carboxylic acids is 1. The lowest BCUT2D eigenvalue weighted by atomic mass is 10.1. The number of nitrogens with one attached hydrogen (secondary N) is 2. The molecule has 2 N–H and O–H groups in total. The van der Waals surface area contributed by atoms with E-state index in [-0.39, 0.29) is 30.3 Å². The highest BCUT2D eigenvalue weighted by molar-refractivity contribution is 9.11. The van der Waals surface area contributed by atoms with Crippen molar-refractivity contribution in [3.63, 3.8) is 0 Å². The van der Waals surface area contributed by atoms with Crippen LogP contribution in [0.2, 0.25) is 0 Å². The lowest BCUT2D eigenvalue weighted by molar-refractivity contribution is -0.120. The largest absolute Gasteiger partial charge is 0.355 e. The molecule has 0 spiro atoms. The van der Waals surface area contributed by atoms with E-state index in [1.165, 1.54) is 6.07 Å². The molecule has 0 heterocycles. The second kappa shape index (κ2) is 8.75. The van der Waals surface area contributed by atoms with Crippen LogP contribution in [-0.4, -0.2) is 27.4 Å². The molecule has 128 valence electrons. The minimum absolute atomic E-state index is 0.116. The minimum Gasteiger partial charge on any atom is -0.355 e. The molecule has 5 nitrogen and oxygen atoms in total. The van der Waals surface area contributed by atoms with Gasteiger partial charge in [-0.15, -0.1) is 0 Å². The number of hydrogen-bond donors (Lipinski definition) is 2. The molecule has 24 heavy (non-hydrogen) atoms. The second-order valence-corrected chi connectivity index (χ2v) is 8.49. The summed E-state index contributed by atoms with van der Waals surface area (Å²) in [4.78, 5) is 12.0. The number of rotatable bonds is 7. The Morgan fingerprint density at radius 3 is 2.38 bits per heavy atom. The van der Waals surface area contributed by atoms with Crippen LogP contribution >= 0.6 is 31.9 Å². The summed E-state index contributed by atoms with van der Waals surface area (Å²) in [7, 11) is -3.63. The zero-order valence-electron chi connectivity index (χ0n) is 12.6. The van der Waals surface area contributed by atoms with E-state index in [0.29, 0.717) is 4.47 Å². The van der Waals surface area contributed by atoms with Gasteiger partial charge in [0, 0.05) is 22.0 Å². The molecule has 0 fully saturated rings. The summed E-state index contributed by atoms with van der Waals surface area (Å²) in [6.07, 6.45) is 0.270. The van der Waals surface area contributed by atoms with E-state index >= 15 is 0 Å². The molecule has 8 heteroatoms. The number of halogens is 2. The molecule has 0 bridgehead atoms. The summed E-state index contributed by atoms with van der Waals surface area (Å²) >= 11 is 6.51. The monoisotopic (exact) mass is 474 g/mol. The Labute approximate surface area is 158 Å². The first-order chi connectivity index (χ1) is 11.4. The molecule has 0 atom stereocenters. The van der Waals surface area contributed by atoms with Crippen LogP contribution in [0.25, 0.3) is 0 Å². The Kier molecular flexibility index (Phi) is 6.97. The van der Waals surface area contributed by atoms with E-state index in [2.05, 4.69) is 41.9 Å². The lowest BCUT2D eigenvalue weighted by Crippen LogP contribution is -2.35. The predicted octanol–water partition coefficient (Wildman–Crippen LogP) is 2.85. The quantitative estimate of drug-likeness (QED) is 0.604. The first-order valence-corrected chi connectivity index (χ1v) is 10.2. The van der Waals surface area contributed by atoms with E-state index in [4.69, 9.17) is 0 Å². The Hall–Kier alpha value is -1.22. The van der Waals surface area contributed by atoms with Gasteiger partial charge in [-0.25, -0.2) is 13.1 Å². The molecule has 0 aliphatic heterocycles. The number of carbonyl (C=O) groups is 1. The second-order valence-electron chi connectivity index (χ2n) is 4.98. The average molecular weight is 476 g/mol. The van der Waals surface area contributed by atoms with Crippen molar-refractivity contribution < 1.29 is 13.2 Å². The van der Waals surface area contributed by atoms with Crippen LogP contribution in [0.3, 0.4) is 0 Å². The van der Waals surface area contributed by atoms with Crippen molar-refractivity contribution >= 4 is 47.8 Å². The first-order valence-electron chi connectivity index (χ1n) is 7.14. The fourth-order valence-corrected chi connectivity index (χ4v) is 4.78. The summed E-state index contributed by atoms with van der Waals surface area (Å²) in [5.41, 5.74) is 0.911. The van der Waals surface area contributed by atoms with Gasteiger partial charge in [-0.1, -0.05) is 46.3 Å². The molecule has 0 unspecified atom stereocenters. The molecule has 2 aromatic rings. The van der Waals surface area contributed by atoms with Gasteiger partial charge in [-0.05, 0) is 39.7 Å². The fourth-order valence-electron chi connectivity index (χ4n) is 2.00. The van der Waals surface area contributed by atoms with E-state index < -0.39 is 10.0 Å². The van der Waals surface area contributed by atoms with Crippen LogP contribution < -0.4 is 10.0 Å². The van der Waals surface area contributed by atoms with Crippen molar-refractivity contribution in [2.75, 3.05) is 13.1 Å². The van der Waals surface area contributed by atoms with Gasteiger partial charge in [0.2, 0.25) is 15.9 Å². The molecule has 0 aliphatic rings. The standard InChI is InChI=1S/C16H16Br2N2O3S/c17-13-6-7-15(14(18)11-13)24(22,23)20-9-8-19-16(21)10-12-4-2-1-3-5-12/h1-7,11,20H,8-10H2,(H,19,21). The zero-order valence-corrected chi connectivity index (χ0v) is 16.6. The van der Waals surface area contributed by atoms with Crippen molar-refractivity contribution in [1.29, 1.82) is 0 Å². The highest BCUT2D eigenvalue weighted by Gasteiger charge is 2.17. The Morgan fingerprint density at radius 2 is 1.71 bits per heavy atom. The van der Waals surface area contributed by atoms with Crippen molar-refractivity contribution in [1.82, 2.24) is 10.0 Å². The molecule has 2 aromatic carbocycles. The average Bonchev–Trinajstić information content (AvgIpc) is 2.52. The predicted molar refractivity (Wildman–Crippen MR) is 100 cm³/mol. The molecular formula is C16H16Br2N2O3S. The topological polar surface area (TPSA) is 75.3 Å². The molecule has 1 amide bonds. The van der Waals surface area contributed by atoms with Crippen molar-refractivity contribution in [3.05, 3.63) is 63.0 Å². The highest BCUT2D eigenvalue weighted by Crippen LogP contribution is 2.25. The van der Waals surface area contributed by atoms with Gasteiger partial charge in [0.1, 0.15) is 0 Å². The summed E-state index contributed by atoms with van der Waals surface area (Å²) < 4.78 is 28.2. The van der Waals surface area contributed by atoms with Gasteiger partial charge in [0.25, 0.3) is 0 Å². The highest BCUT2D eigenvalue weighted by atomic mass is 79.9. The van der Waals surface area contributed by atoms with Crippen molar-refractivity contribution in [3.8, 4) is 0 Å². The third-order valence-electron chi connectivity index (χ3n) is 3.13. The van der Waals surface area contributed by atoms with Crippen LogP contribution in [0.4, 0.5) is 0 Å². The van der Waals surface area contributed by atoms with E-state index in [9.17, 15) is 13.2 Å². The van der Waals surface area contributed by atoms with E-state index in [0.717, 1.165) is 10.0 Å². The van der Waals surface area contributed by atoms with Crippen LogP contribution in [0.1, 0.15) is 5.56 Å². The molecule has 0 radical (unpaired) electrons. The smallest absolute Gasteiger partial charge is 0.241 e. The lowest BCUT2D eigenvalue weighted by Gasteiger charge is -2.10. The van der Waals surface area contributed by atoms with Gasteiger partial charge in [0.05, 0.1) is 11.3 Å². The summed E-state index contributed by atoms with van der Waals surface area (Å²) in [6, 6.07) is 14.2. The molecule has 0 aromatic heterocycles. The Bertz CT molecular complexity index is 811. The third-order valence-corrected chi connectivity index (χ3v) is 6.06. The number of sulfonamides is 1. The van der Waals surface area contributed by atoms with Crippen LogP contribution in [-0.2, 0) is 21.2 Å². The van der Waals surface area contributed by atoms with Crippen LogP contribution in [0.15, 0.2) is 62.4 Å². The van der Waals surface area contributed by atoms with E-state index in [1.54, 1.807) is 12.1 Å². The van der Waals surface area contributed by atoms with Crippen molar-refractivity contribution in [2.45, 2.75) is 11.3 Å². The number of benzene rings is 2. The van der Waals surface area contributed by atoms with Crippen molar-refractivity contribution in [2.24, 2.45) is 0 Å². The van der Waals surface area contributed by atoms with Gasteiger partial charge < -0.3 is 5.32 Å². The van der Waals surface area contributed by atoms with Gasteiger partial charge in [-0.2, -0.15) is 0 Å². The molecule has 0 saturated heterocycles. The maximum absolute atomic E-state index is 12.2. The fraction of sp³-hybridized carbons (Fsp3) is 0.188. The van der Waals surface area contributed by atoms with Gasteiger partial charge in [0.15, 0.2) is 0 Å². The third kappa shape index (κ3) is 5.70. The zero-order chi connectivity index (χ0) is 17.6. The Morgan fingerprint density at radius 1 is 1.00 bits per heavy atom. The summed E-state index contributed by atoms with van der Waals surface area (Å²) in [5.74, 6) is -0.148. The maximum Gasteiger partial charge on any atom is 0.241 e. The number of amides is 1. The molecular weight excluding hydrogens is 460 g/mol. The summed E-state index contributed by atoms with van der Waals surface area (Å²) in [6.45, 7) is 0.338. The Balaban J connectivity index is 1.82.